The van der Waals surface area contributed by atoms with E-state index in [0.717, 1.165) is 30.0 Å². The number of benzene rings is 1. The molecule has 1 aromatic carbocycles. The molecule has 0 amide bonds. The first kappa shape index (κ1) is 13.6. The van der Waals surface area contributed by atoms with Crippen LogP contribution in [0.5, 0.6) is 5.75 Å². The largest absolute Gasteiger partial charge is 0.487 e. The van der Waals surface area contributed by atoms with E-state index in [4.69, 9.17) is 9.84 Å². The zero-order valence-corrected chi connectivity index (χ0v) is 11.2. The van der Waals surface area contributed by atoms with Crippen molar-refractivity contribution in [1.29, 1.82) is 0 Å². The second kappa shape index (κ2) is 6.95. The van der Waals surface area contributed by atoms with E-state index in [1.165, 1.54) is 0 Å². The van der Waals surface area contributed by atoms with E-state index < -0.39 is 0 Å². The highest BCUT2D eigenvalue weighted by molar-refractivity contribution is 5.33. The van der Waals surface area contributed by atoms with Crippen LogP contribution < -0.4 is 4.74 Å². The molecule has 0 atom stereocenters. The van der Waals surface area contributed by atoms with Crippen LogP contribution in [0, 0.1) is 0 Å². The molecule has 0 bridgehead atoms. The van der Waals surface area contributed by atoms with Gasteiger partial charge in [-0.15, -0.1) is 0 Å². The highest BCUT2D eigenvalue weighted by Gasteiger charge is 2.05. The quantitative estimate of drug-likeness (QED) is 0.831. The highest BCUT2D eigenvalue weighted by Crippen LogP contribution is 2.19. The summed E-state index contributed by atoms with van der Waals surface area (Å²) in [5.74, 6) is 0.834. The molecule has 4 nitrogen and oxygen atoms in total. The van der Waals surface area contributed by atoms with Gasteiger partial charge >= 0.3 is 0 Å². The fraction of sp³-hybridized carbons (Fsp3) is 0.400. The maximum Gasteiger partial charge on any atom is 0.130 e. The van der Waals surface area contributed by atoms with Crippen LogP contribution in [0.2, 0.25) is 0 Å². The summed E-state index contributed by atoms with van der Waals surface area (Å²) in [6, 6.07) is 7.82. The average Bonchev–Trinajstić information content (AvgIpc) is 2.86. The number of aryl methyl sites for hydroxylation is 1. The maximum atomic E-state index is 9.04. The van der Waals surface area contributed by atoms with Crippen molar-refractivity contribution in [2.24, 2.45) is 0 Å². The molecule has 0 saturated heterocycles. The Bertz CT molecular complexity index is 508. The molecule has 0 aliphatic rings. The minimum Gasteiger partial charge on any atom is -0.487 e. The van der Waals surface area contributed by atoms with Gasteiger partial charge in [-0.2, -0.15) is 0 Å². The number of hydrogen-bond acceptors (Lipinski definition) is 3. The summed E-state index contributed by atoms with van der Waals surface area (Å²) < 4.78 is 7.95. The summed E-state index contributed by atoms with van der Waals surface area (Å²) in [7, 11) is 0. The molecule has 19 heavy (non-hydrogen) atoms. The summed E-state index contributed by atoms with van der Waals surface area (Å²) in [4.78, 5) is 4.15. The molecule has 0 aliphatic carbocycles. The Morgan fingerprint density at radius 1 is 1.32 bits per heavy atom. The number of nitrogens with zero attached hydrogens (tertiary/aromatic N) is 2. The Hall–Kier alpha value is -1.81. The molecular formula is C15H20N2O2. The van der Waals surface area contributed by atoms with E-state index in [9.17, 15) is 0 Å². The molecule has 2 rings (SSSR count). The number of aliphatic hydroxyl groups is 1. The van der Waals surface area contributed by atoms with Gasteiger partial charge in [0.15, 0.2) is 0 Å². The molecule has 0 aliphatic heterocycles. The average molecular weight is 260 g/mol. The van der Waals surface area contributed by atoms with Crippen molar-refractivity contribution >= 4 is 0 Å². The smallest absolute Gasteiger partial charge is 0.130 e. The summed E-state index contributed by atoms with van der Waals surface area (Å²) in [6.07, 6.45) is 5.36. The zero-order valence-electron chi connectivity index (χ0n) is 11.2. The molecule has 0 radical (unpaired) electrons. The first-order valence-electron chi connectivity index (χ1n) is 6.65. The number of ether oxygens (including phenoxy) is 1. The van der Waals surface area contributed by atoms with Gasteiger partial charge in [0.1, 0.15) is 12.4 Å². The highest BCUT2D eigenvalue weighted by atomic mass is 16.5. The Labute approximate surface area is 113 Å². The van der Waals surface area contributed by atoms with Gasteiger partial charge in [-0.05, 0) is 24.5 Å². The Kier molecular flexibility index (Phi) is 4.98. The molecule has 1 heterocycles. The molecule has 0 unspecified atom stereocenters. The summed E-state index contributed by atoms with van der Waals surface area (Å²) in [5.41, 5.74) is 2.10. The number of rotatable bonds is 7. The van der Waals surface area contributed by atoms with Crippen LogP contribution in [-0.4, -0.2) is 21.3 Å². The van der Waals surface area contributed by atoms with Crippen molar-refractivity contribution in [3.05, 3.63) is 48.0 Å². The SMILES string of the molecule is CCCn1cncc1COc1ccccc1CCO. The topological polar surface area (TPSA) is 47.3 Å². The van der Waals surface area contributed by atoms with Crippen molar-refractivity contribution in [2.75, 3.05) is 6.61 Å². The van der Waals surface area contributed by atoms with Gasteiger partial charge in [-0.1, -0.05) is 25.1 Å². The van der Waals surface area contributed by atoms with Gasteiger partial charge in [-0.3, -0.25) is 0 Å². The Morgan fingerprint density at radius 2 is 2.16 bits per heavy atom. The number of aromatic nitrogens is 2. The summed E-state index contributed by atoms with van der Waals surface area (Å²) in [5, 5.41) is 9.04. The third-order valence-corrected chi connectivity index (χ3v) is 2.99. The monoisotopic (exact) mass is 260 g/mol. The number of para-hydroxylation sites is 1. The Morgan fingerprint density at radius 3 is 2.95 bits per heavy atom. The molecular weight excluding hydrogens is 240 g/mol. The van der Waals surface area contributed by atoms with Crippen LogP contribution in [0.1, 0.15) is 24.6 Å². The molecule has 4 heteroatoms. The molecule has 102 valence electrons. The van der Waals surface area contributed by atoms with Crippen molar-refractivity contribution in [3.8, 4) is 5.75 Å². The van der Waals surface area contributed by atoms with Crippen LogP contribution in [-0.2, 0) is 19.6 Å². The molecule has 1 aromatic heterocycles. The predicted octanol–water partition coefficient (Wildman–Crippen LogP) is 2.41. The van der Waals surface area contributed by atoms with Crippen molar-refractivity contribution in [1.82, 2.24) is 9.55 Å². The molecule has 0 saturated carbocycles. The van der Waals surface area contributed by atoms with Crippen molar-refractivity contribution in [2.45, 2.75) is 32.9 Å². The minimum atomic E-state index is 0.133. The zero-order chi connectivity index (χ0) is 13.5. The van der Waals surface area contributed by atoms with Crippen molar-refractivity contribution in [3.63, 3.8) is 0 Å². The fourth-order valence-electron chi connectivity index (χ4n) is 2.03. The third-order valence-electron chi connectivity index (χ3n) is 2.99. The lowest BCUT2D eigenvalue weighted by atomic mass is 10.1. The van der Waals surface area contributed by atoms with Gasteiger partial charge < -0.3 is 14.4 Å². The normalized spacial score (nSPS) is 10.6. The van der Waals surface area contributed by atoms with E-state index in [0.29, 0.717) is 13.0 Å². The first-order valence-corrected chi connectivity index (χ1v) is 6.65. The fourth-order valence-corrected chi connectivity index (χ4v) is 2.03. The standard InChI is InChI=1S/C15H20N2O2/c1-2-8-17-12-16-10-14(17)11-19-15-6-4-3-5-13(15)7-9-18/h3-6,10,12,18H,2,7-9,11H2,1H3. The minimum absolute atomic E-state index is 0.133. The van der Waals surface area contributed by atoms with Crippen LogP contribution >= 0.6 is 0 Å². The van der Waals surface area contributed by atoms with Gasteiger partial charge in [0.25, 0.3) is 0 Å². The van der Waals surface area contributed by atoms with Crippen LogP contribution in [0.4, 0.5) is 0 Å². The predicted molar refractivity (Wildman–Crippen MR) is 74.1 cm³/mol. The van der Waals surface area contributed by atoms with Crippen LogP contribution in [0.25, 0.3) is 0 Å². The van der Waals surface area contributed by atoms with Gasteiger partial charge in [0.2, 0.25) is 0 Å². The van der Waals surface area contributed by atoms with Gasteiger partial charge in [-0.25, -0.2) is 4.98 Å². The summed E-state index contributed by atoms with van der Waals surface area (Å²) in [6.45, 7) is 3.73. The number of imidazole rings is 1. The Balaban J connectivity index is 2.03. The van der Waals surface area contributed by atoms with E-state index >= 15 is 0 Å². The van der Waals surface area contributed by atoms with E-state index in [-0.39, 0.29) is 6.61 Å². The second-order valence-electron chi connectivity index (χ2n) is 4.45. The lowest BCUT2D eigenvalue weighted by Gasteiger charge is -2.12. The third kappa shape index (κ3) is 3.58. The first-order chi connectivity index (χ1) is 9.35. The lowest BCUT2D eigenvalue weighted by molar-refractivity contribution is 0.278. The number of hydrogen-bond donors (Lipinski definition) is 1. The van der Waals surface area contributed by atoms with Crippen LogP contribution in [0.15, 0.2) is 36.8 Å². The number of aliphatic hydroxyl groups excluding tert-OH is 1. The van der Waals surface area contributed by atoms with E-state index in [1.807, 2.05) is 36.8 Å². The maximum absolute atomic E-state index is 9.04. The van der Waals surface area contributed by atoms with E-state index in [2.05, 4.69) is 16.5 Å². The summed E-state index contributed by atoms with van der Waals surface area (Å²) >= 11 is 0. The van der Waals surface area contributed by atoms with Gasteiger partial charge in [0, 0.05) is 13.2 Å². The van der Waals surface area contributed by atoms with Gasteiger partial charge in [0.05, 0.1) is 18.2 Å². The van der Waals surface area contributed by atoms with E-state index in [1.54, 1.807) is 0 Å². The second-order valence-corrected chi connectivity index (χ2v) is 4.45. The van der Waals surface area contributed by atoms with Crippen LogP contribution in [0.3, 0.4) is 0 Å². The molecule has 0 fully saturated rings. The molecule has 2 aromatic rings. The molecule has 0 spiro atoms. The lowest BCUT2D eigenvalue weighted by Crippen LogP contribution is -2.06. The molecule has 1 N–H and O–H groups in total. The van der Waals surface area contributed by atoms with Crippen molar-refractivity contribution < 1.29 is 9.84 Å².